The van der Waals surface area contributed by atoms with Gasteiger partial charge in [0.05, 0.1) is 6.54 Å². The predicted molar refractivity (Wildman–Crippen MR) is 111 cm³/mol. The van der Waals surface area contributed by atoms with Gasteiger partial charge in [0.25, 0.3) is 5.91 Å². The molecule has 4 nitrogen and oxygen atoms in total. The average Bonchev–Trinajstić information content (AvgIpc) is 3.29. The zero-order valence-electron chi connectivity index (χ0n) is 16.3. The topological polar surface area (TPSA) is 56.3 Å². The third-order valence-corrected chi connectivity index (χ3v) is 6.53. The highest BCUT2D eigenvalue weighted by molar-refractivity contribution is 5.99. The van der Waals surface area contributed by atoms with Crippen LogP contribution in [0, 0.1) is 6.92 Å². The summed E-state index contributed by atoms with van der Waals surface area (Å²) >= 11 is 0. The number of nitrogens with zero attached hydrogens (tertiary/aromatic N) is 1. The third kappa shape index (κ3) is 2.75. The molecule has 1 aliphatic heterocycles. The van der Waals surface area contributed by atoms with Gasteiger partial charge in [0.15, 0.2) is 0 Å². The maximum atomic E-state index is 13.2. The molecule has 0 saturated carbocycles. The van der Waals surface area contributed by atoms with Gasteiger partial charge in [-0.05, 0) is 73.9 Å². The number of β-amino-alcohol motifs (C(OH)–C–C–N with tert-alkyl or cyclic N) is 1. The van der Waals surface area contributed by atoms with Crippen molar-refractivity contribution in [1.29, 1.82) is 0 Å². The lowest BCUT2D eigenvalue weighted by atomic mass is 9.89. The van der Waals surface area contributed by atoms with E-state index in [2.05, 4.69) is 4.98 Å². The van der Waals surface area contributed by atoms with Crippen LogP contribution >= 0.6 is 0 Å². The molecule has 4 heteroatoms. The summed E-state index contributed by atoms with van der Waals surface area (Å²) in [7, 11) is 0. The van der Waals surface area contributed by atoms with E-state index in [1.54, 1.807) is 4.90 Å². The van der Waals surface area contributed by atoms with Crippen LogP contribution in [0.3, 0.4) is 0 Å². The number of likely N-dealkylation sites (tertiary alicyclic amines) is 1. The number of hydrogen-bond donors (Lipinski definition) is 2. The average molecular weight is 374 g/mol. The highest BCUT2D eigenvalue weighted by atomic mass is 16.3. The third-order valence-electron chi connectivity index (χ3n) is 6.53. The second kappa shape index (κ2) is 6.49. The molecule has 144 valence electrons. The van der Waals surface area contributed by atoms with E-state index < -0.39 is 5.60 Å². The van der Waals surface area contributed by atoms with Crippen molar-refractivity contribution in [1.82, 2.24) is 9.88 Å². The van der Waals surface area contributed by atoms with E-state index in [0.29, 0.717) is 25.1 Å². The lowest BCUT2D eigenvalue weighted by molar-refractivity contribution is 0.0412. The van der Waals surface area contributed by atoms with Crippen molar-refractivity contribution in [2.75, 3.05) is 13.1 Å². The Hall–Kier alpha value is -2.59. The second-order valence-corrected chi connectivity index (χ2v) is 8.37. The van der Waals surface area contributed by atoms with Gasteiger partial charge in [0.2, 0.25) is 0 Å². The fourth-order valence-corrected chi connectivity index (χ4v) is 5.00. The number of hydrogen-bond acceptors (Lipinski definition) is 2. The number of aromatic nitrogens is 1. The van der Waals surface area contributed by atoms with E-state index in [-0.39, 0.29) is 5.91 Å². The van der Waals surface area contributed by atoms with Crippen LogP contribution in [0.25, 0.3) is 10.9 Å². The number of aromatic amines is 1. The van der Waals surface area contributed by atoms with Crippen molar-refractivity contribution < 1.29 is 9.90 Å². The number of benzene rings is 2. The summed E-state index contributed by atoms with van der Waals surface area (Å²) in [5.74, 6) is 0.0113. The normalized spacial score (nSPS) is 21.9. The quantitative estimate of drug-likeness (QED) is 0.710. The minimum Gasteiger partial charge on any atom is -0.383 e. The van der Waals surface area contributed by atoms with E-state index in [0.717, 1.165) is 29.5 Å². The van der Waals surface area contributed by atoms with Crippen LogP contribution in [0.2, 0.25) is 0 Å². The van der Waals surface area contributed by atoms with E-state index in [1.807, 2.05) is 49.4 Å². The minimum absolute atomic E-state index is 0.0113. The van der Waals surface area contributed by atoms with Gasteiger partial charge in [-0.3, -0.25) is 4.79 Å². The Morgan fingerprint density at radius 1 is 1.14 bits per heavy atom. The summed E-state index contributed by atoms with van der Waals surface area (Å²) in [4.78, 5) is 18.5. The van der Waals surface area contributed by atoms with E-state index in [1.165, 1.54) is 29.5 Å². The first-order chi connectivity index (χ1) is 13.5. The number of H-pyrrole nitrogens is 1. The molecular weight excluding hydrogens is 348 g/mol. The Kier molecular flexibility index (Phi) is 4.06. The SMILES string of the molecule is Cc1ccccc1[C@]1(O)CCN(C(=O)c2ccc3[nH]c4c(c3c2)CCCC4)C1. The molecule has 28 heavy (non-hydrogen) atoms. The van der Waals surface area contributed by atoms with Gasteiger partial charge in [0, 0.05) is 28.7 Å². The Labute approximate surface area is 165 Å². The molecule has 2 N–H and O–H groups in total. The van der Waals surface area contributed by atoms with Gasteiger partial charge >= 0.3 is 0 Å². The largest absolute Gasteiger partial charge is 0.383 e. The first-order valence-electron chi connectivity index (χ1n) is 10.3. The number of aliphatic hydroxyl groups is 1. The Balaban J connectivity index is 1.43. The molecule has 2 heterocycles. The molecule has 2 aromatic carbocycles. The fraction of sp³-hybridized carbons (Fsp3) is 0.375. The molecule has 1 amide bonds. The molecule has 1 aliphatic carbocycles. The molecular formula is C24H26N2O2. The highest BCUT2D eigenvalue weighted by Gasteiger charge is 2.40. The first-order valence-corrected chi connectivity index (χ1v) is 10.3. The van der Waals surface area contributed by atoms with Gasteiger partial charge in [0.1, 0.15) is 5.60 Å². The predicted octanol–water partition coefficient (Wildman–Crippen LogP) is 4.09. The van der Waals surface area contributed by atoms with Crippen LogP contribution in [0.15, 0.2) is 42.5 Å². The molecule has 0 radical (unpaired) electrons. The van der Waals surface area contributed by atoms with E-state index in [4.69, 9.17) is 0 Å². The number of carbonyl (C=O) groups is 1. The van der Waals surface area contributed by atoms with Crippen molar-refractivity contribution in [3.05, 3.63) is 70.4 Å². The Bertz CT molecular complexity index is 1070. The number of rotatable bonds is 2. The van der Waals surface area contributed by atoms with Crippen LogP contribution in [0.1, 0.15) is 52.0 Å². The Morgan fingerprint density at radius 2 is 1.96 bits per heavy atom. The van der Waals surface area contributed by atoms with E-state index in [9.17, 15) is 9.90 Å². The highest BCUT2D eigenvalue weighted by Crippen LogP contribution is 2.35. The van der Waals surface area contributed by atoms with Gasteiger partial charge in [-0.25, -0.2) is 0 Å². The van der Waals surface area contributed by atoms with Crippen molar-refractivity contribution in [3.63, 3.8) is 0 Å². The van der Waals surface area contributed by atoms with Gasteiger partial charge in [-0.15, -0.1) is 0 Å². The van der Waals surface area contributed by atoms with Crippen LogP contribution in [-0.4, -0.2) is 34.0 Å². The molecule has 1 aromatic heterocycles. The molecule has 1 atom stereocenters. The Morgan fingerprint density at radius 3 is 2.82 bits per heavy atom. The lowest BCUT2D eigenvalue weighted by Crippen LogP contribution is -2.34. The van der Waals surface area contributed by atoms with Crippen molar-refractivity contribution >= 4 is 16.8 Å². The fourth-order valence-electron chi connectivity index (χ4n) is 5.00. The smallest absolute Gasteiger partial charge is 0.253 e. The van der Waals surface area contributed by atoms with Gasteiger partial charge in [-0.2, -0.15) is 0 Å². The lowest BCUT2D eigenvalue weighted by Gasteiger charge is -2.25. The molecule has 1 fully saturated rings. The van der Waals surface area contributed by atoms with Gasteiger partial charge in [-0.1, -0.05) is 24.3 Å². The van der Waals surface area contributed by atoms with Crippen LogP contribution in [-0.2, 0) is 18.4 Å². The summed E-state index contributed by atoms with van der Waals surface area (Å²) in [6.45, 7) is 2.94. The standard InChI is InChI=1S/C24H26N2O2/c1-16-6-2-4-8-20(16)24(28)12-13-26(15-24)23(27)17-10-11-22-19(14-17)18-7-3-5-9-21(18)25-22/h2,4,6,8,10-11,14,25,28H,3,5,7,9,12-13,15H2,1H3/t24-/m0/s1. The zero-order valence-corrected chi connectivity index (χ0v) is 16.3. The van der Waals surface area contributed by atoms with Crippen molar-refractivity contribution in [2.45, 2.75) is 44.6 Å². The van der Waals surface area contributed by atoms with Crippen molar-refractivity contribution in [3.8, 4) is 0 Å². The number of carbonyl (C=O) groups excluding carboxylic acids is 1. The zero-order chi connectivity index (χ0) is 19.3. The molecule has 1 saturated heterocycles. The van der Waals surface area contributed by atoms with E-state index >= 15 is 0 Å². The van der Waals surface area contributed by atoms with Crippen LogP contribution in [0.4, 0.5) is 0 Å². The maximum absolute atomic E-state index is 13.2. The van der Waals surface area contributed by atoms with Gasteiger partial charge < -0.3 is 15.0 Å². The number of aryl methyl sites for hydroxylation is 3. The summed E-state index contributed by atoms with van der Waals surface area (Å²) < 4.78 is 0. The molecule has 3 aromatic rings. The summed E-state index contributed by atoms with van der Waals surface area (Å²) in [6.07, 6.45) is 5.21. The summed E-state index contributed by atoms with van der Waals surface area (Å²) in [6, 6.07) is 13.9. The minimum atomic E-state index is -0.960. The monoisotopic (exact) mass is 374 g/mol. The summed E-state index contributed by atoms with van der Waals surface area (Å²) in [5, 5.41) is 12.4. The molecule has 5 rings (SSSR count). The maximum Gasteiger partial charge on any atom is 0.253 e. The van der Waals surface area contributed by atoms with Crippen LogP contribution in [0.5, 0.6) is 0 Å². The molecule has 0 unspecified atom stereocenters. The number of fused-ring (bicyclic) bond motifs is 3. The number of nitrogens with one attached hydrogen (secondary N) is 1. The molecule has 0 bridgehead atoms. The summed E-state index contributed by atoms with van der Waals surface area (Å²) in [5.41, 5.74) is 5.60. The first kappa shape index (κ1) is 17.5. The molecule has 0 spiro atoms. The number of amides is 1. The van der Waals surface area contributed by atoms with Crippen molar-refractivity contribution in [2.24, 2.45) is 0 Å². The molecule has 2 aliphatic rings. The van der Waals surface area contributed by atoms with Crippen LogP contribution < -0.4 is 0 Å². The second-order valence-electron chi connectivity index (χ2n) is 8.37.